The molecular formula is C17H22N4O. The number of benzene rings is 1. The van der Waals surface area contributed by atoms with Gasteiger partial charge >= 0.3 is 0 Å². The summed E-state index contributed by atoms with van der Waals surface area (Å²) in [5.74, 6) is 1.97. The van der Waals surface area contributed by atoms with Gasteiger partial charge in [-0.1, -0.05) is 24.3 Å². The van der Waals surface area contributed by atoms with Crippen molar-refractivity contribution in [1.82, 2.24) is 19.7 Å². The van der Waals surface area contributed by atoms with E-state index in [4.69, 9.17) is 4.74 Å². The molecule has 0 saturated carbocycles. The normalized spacial score (nSPS) is 19.5. The van der Waals surface area contributed by atoms with Crippen molar-refractivity contribution in [3.8, 4) is 0 Å². The van der Waals surface area contributed by atoms with Gasteiger partial charge in [-0.25, -0.2) is 9.67 Å². The molecule has 1 fully saturated rings. The van der Waals surface area contributed by atoms with Gasteiger partial charge in [-0.05, 0) is 30.9 Å². The Hall–Kier alpha value is -1.72. The number of ether oxygens (including phenoxy) is 1. The molecule has 0 unspecified atom stereocenters. The number of rotatable bonds is 3. The Morgan fingerprint density at radius 1 is 1.14 bits per heavy atom. The minimum atomic E-state index is 0.412. The fourth-order valence-corrected chi connectivity index (χ4v) is 3.54. The van der Waals surface area contributed by atoms with Gasteiger partial charge in [0.05, 0.1) is 25.8 Å². The number of fused-ring (bicyclic) bond motifs is 1. The molecule has 0 spiro atoms. The second kappa shape index (κ2) is 5.82. The molecule has 1 aliphatic carbocycles. The quantitative estimate of drug-likeness (QED) is 0.866. The lowest BCUT2D eigenvalue weighted by atomic mass is 10.1. The van der Waals surface area contributed by atoms with Crippen molar-refractivity contribution in [2.75, 3.05) is 26.3 Å². The Balaban J connectivity index is 1.55. The number of hydrogen-bond acceptors (Lipinski definition) is 4. The van der Waals surface area contributed by atoms with Gasteiger partial charge in [0.2, 0.25) is 0 Å². The zero-order valence-electron chi connectivity index (χ0n) is 13.0. The van der Waals surface area contributed by atoms with Crippen LogP contribution >= 0.6 is 0 Å². The summed E-state index contributed by atoms with van der Waals surface area (Å²) >= 11 is 0. The lowest BCUT2D eigenvalue weighted by Crippen LogP contribution is -2.36. The zero-order chi connectivity index (χ0) is 14.9. The number of aromatic nitrogens is 3. The van der Waals surface area contributed by atoms with Crippen LogP contribution in [-0.4, -0.2) is 46.0 Å². The third-order valence-corrected chi connectivity index (χ3v) is 4.65. The lowest BCUT2D eigenvalue weighted by Gasteiger charge is -2.26. The fraction of sp³-hybridized carbons (Fsp3) is 0.529. The molecule has 2 aromatic rings. The van der Waals surface area contributed by atoms with Crippen molar-refractivity contribution in [3.63, 3.8) is 0 Å². The maximum atomic E-state index is 5.43. The molecule has 22 heavy (non-hydrogen) atoms. The summed E-state index contributed by atoms with van der Waals surface area (Å²) in [5.41, 5.74) is 2.91. The lowest BCUT2D eigenvalue weighted by molar-refractivity contribution is 0.0322. The zero-order valence-corrected chi connectivity index (χ0v) is 13.0. The third kappa shape index (κ3) is 2.66. The van der Waals surface area contributed by atoms with Crippen LogP contribution in [0.2, 0.25) is 0 Å². The Morgan fingerprint density at radius 3 is 2.50 bits per heavy atom. The number of aryl methyl sites for hydroxylation is 1. The van der Waals surface area contributed by atoms with E-state index in [0.717, 1.165) is 57.3 Å². The van der Waals surface area contributed by atoms with Crippen LogP contribution in [0.1, 0.15) is 28.8 Å². The van der Waals surface area contributed by atoms with Gasteiger partial charge in [0.25, 0.3) is 0 Å². The first-order valence-electron chi connectivity index (χ1n) is 8.08. The van der Waals surface area contributed by atoms with Crippen LogP contribution in [0.15, 0.2) is 24.3 Å². The highest BCUT2D eigenvalue weighted by molar-refractivity contribution is 5.32. The van der Waals surface area contributed by atoms with Gasteiger partial charge < -0.3 is 4.74 Å². The van der Waals surface area contributed by atoms with Gasteiger partial charge in [-0.3, -0.25) is 4.90 Å². The van der Waals surface area contributed by atoms with Crippen LogP contribution < -0.4 is 0 Å². The first-order valence-corrected chi connectivity index (χ1v) is 8.08. The highest BCUT2D eigenvalue weighted by Gasteiger charge is 2.26. The molecule has 5 nitrogen and oxygen atoms in total. The second-order valence-electron chi connectivity index (χ2n) is 6.24. The van der Waals surface area contributed by atoms with Crippen molar-refractivity contribution in [1.29, 1.82) is 0 Å². The third-order valence-electron chi connectivity index (χ3n) is 4.65. The predicted molar refractivity (Wildman–Crippen MR) is 83.7 cm³/mol. The molecule has 1 aliphatic heterocycles. The van der Waals surface area contributed by atoms with Crippen molar-refractivity contribution in [3.05, 3.63) is 47.0 Å². The highest BCUT2D eigenvalue weighted by atomic mass is 16.5. The predicted octanol–water partition coefficient (Wildman–Crippen LogP) is 1.76. The molecule has 1 saturated heterocycles. The average molecular weight is 298 g/mol. The van der Waals surface area contributed by atoms with E-state index in [1.165, 1.54) is 11.1 Å². The van der Waals surface area contributed by atoms with E-state index in [1.807, 2.05) is 6.92 Å². The summed E-state index contributed by atoms with van der Waals surface area (Å²) in [6.07, 6.45) is 2.13. The van der Waals surface area contributed by atoms with Crippen LogP contribution in [0.5, 0.6) is 0 Å². The first kappa shape index (κ1) is 13.9. The summed E-state index contributed by atoms with van der Waals surface area (Å²) in [7, 11) is 0. The maximum Gasteiger partial charge on any atom is 0.147 e. The number of hydrogen-bond donors (Lipinski definition) is 0. The Labute approximate surface area is 130 Å². The minimum absolute atomic E-state index is 0.412. The van der Waals surface area contributed by atoms with Crippen molar-refractivity contribution < 1.29 is 4.74 Å². The van der Waals surface area contributed by atoms with Gasteiger partial charge in [0.15, 0.2) is 0 Å². The smallest absolute Gasteiger partial charge is 0.147 e. The van der Waals surface area contributed by atoms with Crippen molar-refractivity contribution in [2.24, 2.45) is 0 Å². The summed E-state index contributed by atoms with van der Waals surface area (Å²) in [4.78, 5) is 7.09. The molecule has 0 amide bonds. The molecule has 116 valence electrons. The maximum absolute atomic E-state index is 5.43. The van der Waals surface area contributed by atoms with Gasteiger partial charge in [0.1, 0.15) is 11.6 Å². The second-order valence-corrected chi connectivity index (χ2v) is 6.24. The van der Waals surface area contributed by atoms with Crippen LogP contribution in [0.25, 0.3) is 0 Å². The van der Waals surface area contributed by atoms with E-state index in [1.54, 1.807) is 0 Å². The van der Waals surface area contributed by atoms with Gasteiger partial charge in [0, 0.05) is 13.1 Å². The highest BCUT2D eigenvalue weighted by Crippen LogP contribution is 2.30. The molecule has 0 bridgehead atoms. The first-order chi connectivity index (χ1) is 10.8. The summed E-state index contributed by atoms with van der Waals surface area (Å²) in [6.45, 7) is 6.47. The molecule has 0 radical (unpaired) electrons. The van der Waals surface area contributed by atoms with E-state index < -0.39 is 0 Å². The topological polar surface area (TPSA) is 43.2 Å². The Kier molecular flexibility index (Phi) is 3.68. The van der Waals surface area contributed by atoms with Gasteiger partial charge in [-0.2, -0.15) is 5.10 Å². The molecule has 5 heteroatoms. The van der Waals surface area contributed by atoms with E-state index in [0.29, 0.717) is 6.04 Å². The van der Waals surface area contributed by atoms with Crippen LogP contribution in [0.3, 0.4) is 0 Å². The monoisotopic (exact) mass is 298 g/mol. The number of nitrogens with zero attached hydrogens (tertiary/aromatic N) is 4. The summed E-state index contributed by atoms with van der Waals surface area (Å²) in [6, 6.07) is 9.14. The largest absolute Gasteiger partial charge is 0.379 e. The molecule has 2 aliphatic rings. The molecular weight excluding hydrogens is 276 g/mol. The standard InChI is InChI=1S/C17H22N4O/c1-13-18-17(12-20-6-8-22-9-7-20)21(19-13)16-10-14-4-2-3-5-15(14)11-16/h2-5,16H,6-12H2,1H3. The molecule has 1 aromatic heterocycles. The van der Waals surface area contributed by atoms with E-state index in [2.05, 4.69) is 43.9 Å². The van der Waals surface area contributed by atoms with Gasteiger partial charge in [-0.15, -0.1) is 0 Å². The summed E-state index contributed by atoms with van der Waals surface area (Å²) < 4.78 is 7.60. The molecule has 0 atom stereocenters. The Morgan fingerprint density at radius 2 is 1.82 bits per heavy atom. The van der Waals surface area contributed by atoms with Crippen LogP contribution in [-0.2, 0) is 24.1 Å². The molecule has 0 N–H and O–H groups in total. The Bertz CT molecular complexity index is 635. The van der Waals surface area contributed by atoms with Crippen molar-refractivity contribution in [2.45, 2.75) is 32.4 Å². The average Bonchev–Trinajstić information content (AvgIpc) is 3.11. The van der Waals surface area contributed by atoms with E-state index in [-0.39, 0.29) is 0 Å². The van der Waals surface area contributed by atoms with E-state index >= 15 is 0 Å². The molecule has 2 heterocycles. The SMILES string of the molecule is Cc1nc(CN2CCOCC2)n(C2Cc3ccccc3C2)n1. The number of morpholine rings is 1. The molecule has 4 rings (SSSR count). The van der Waals surface area contributed by atoms with E-state index in [9.17, 15) is 0 Å². The van der Waals surface area contributed by atoms with Crippen LogP contribution in [0.4, 0.5) is 0 Å². The minimum Gasteiger partial charge on any atom is -0.379 e. The molecule has 1 aromatic carbocycles. The fourth-order valence-electron chi connectivity index (χ4n) is 3.54. The summed E-state index contributed by atoms with van der Waals surface area (Å²) in [5, 5.41) is 4.69. The van der Waals surface area contributed by atoms with Crippen molar-refractivity contribution >= 4 is 0 Å². The van der Waals surface area contributed by atoms with Crippen LogP contribution in [0, 0.1) is 6.92 Å².